The molecule has 0 amide bonds. The van der Waals surface area contributed by atoms with E-state index in [2.05, 4.69) is 21.2 Å². The third-order valence-corrected chi connectivity index (χ3v) is 3.89. The van der Waals surface area contributed by atoms with Gasteiger partial charge in [0.2, 0.25) is 0 Å². The van der Waals surface area contributed by atoms with Crippen molar-refractivity contribution in [3.8, 4) is 0 Å². The van der Waals surface area contributed by atoms with Gasteiger partial charge in [-0.3, -0.25) is 0 Å². The molecule has 0 saturated heterocycles. The summed E-state index contributed by atoms with van der Waals surface area (Å²) in [6.45, 7) is 0.667. The minimum Gasteiger partial charge on any atom is -0.392 e. The first-order valence-corrected chi connectivity index (χ1v) is 6.81. The minimum absolute atomic E-state index is 0.174. The molecule has 1 fully saturated rings. The summed E-state index contributed by atoms with van der Waals surface area (Å²) in [5.74, 6) is -0.244. The van der Waals surface area contributed by atoms with E-state index in [1.54, 1.807) is 12.1 Å². The summed E-state index contributed by atoms with van der Waals surface area (Å²) in [5, 5.41) is 13.2. The average Bonchev–Trinajstić information content (AvgIpc) is 2.32. The second-order valence-electron chi connectivity index (χ2n) is 4.59. The second-order valence-corrected chi connectivity index (χ2v) is 5.44. The maximum atomic E-state index is 13.0. The fourth-order valence-corrected chi connectivity index (χ4v) is 2.67. The van der Waals surface area contributed by atoms with Crippen molar-refractivity contribution in [3.05, 3.63) is 34.1 Å². The van der Waals surface area contributed by atoms with Gasteiger partial charge < -0.3 is 10.4 Å². The lowest BCUT2D eigenvalue weighted by molar-refractivity contribution is 0.0902. The van der Waals surface area contributed by atoms with Gasteiger partial charge in [-0.25, -0.2) is 4.39 Å². The number of benzene rings is 1. The van der Waals surface area contributed by atoms with Crippen LogP contribution in [0.5, 0.6) is 0 Å². The van der Waals surface area contributed by atoms with Crippen LogP contribution in [-0.4, -0.2) is 17.3 Å². The van der Waals surface area contributed by atoms with Crippen molar-refractivity contribution in [1.29, 1.82) is 0 Å². The van der Waals surface area contributed by atoms with Gasteiger partial charge in [0, 0.05) is 12.6 Å². The number of nitrogens with one attached hydrogen (secondary N) is 1. The molecule has 1 aromatic carbocycles. The van der Waals surface area contributed by atoms with Gasteiger partial charge in [0.05, 0.1) is 10.6 Å². The Hall–Kier alpha value is -0.450. The lowest BCUT2D eigenvalue weighted by Crippen LogP contribution is -2.41. The number of rotatable bonds is 3. The summed E-state index contributed by atoms with van der Waals surface area (Å²) < 4.78 is 13.5. The molecule has 4 heteroatoms. The van der Waals surface area contributed by atoms with E-state index in [0.717, 1.165) is 24.8 Å². The van der Waals surface area contributed by atoms with Gasteiger partial charge >= 0.3 is 0 Å². The topological polar surface area (TPSA) is 32.3 Å². The van der Waals surface area contributed by atoms with Gasteiger partial charge in [-0.05, 0) is 46.5 Å². The lowest BCUT2D eigenvalue weighted by Gasteiger charge is -2.28. The Morgan fingerprint density at radius 1 is 1.35 bits per heavy atom. The van der Waals surface area contributed by atoms with Crippen molar-refractivity contribution in [2.45, 2.75) is 44.4 Å². The summed E-state index contributed by atoms with van der Waals surface area (Å²) in [5.41, 5.74) is 1.02. The summed E-state index contributed by atoms with van der Waals surface area (Å²) in [7, 11) is 0. The van der Waals surface area contributed by atoms with Crippen LogP contribution in [0, 0.1) is 5.82 Å². The molecular weight excluding hydrogens is 285 g/mol. The molecule has 0 aromatic heterocycles. The van der Waals surface area contributed by atoms with E-state index < -0.39 is 0 Å². The van der Waals surface area contributed by atoms with Crippen molar-refractivity contribution in [2.75, 3.05) is 0 Å². The van der Waals surface area contributed by atoms with Crippen molar-refractivity contribution >= 4 is 15.9 Å². The van der Waals surface area contributed by atoms with E-state index in [4.69, 9.17) is 0 Å². The fourth-order valence-electron chi connectivity index (χ4n) is 2.25. The zero-order valence-electron chi connectivity index (χ0n) is 9.63. The quantitative estimate of drug-likeness (QED) is 0.899. The van der Waals surface area contributed by atoms with Crippen molar-refractivity contribution in [1.82, 2.24) is 5.32 Å². The Labute approximate surface area is 109 Å². The van der Waals surface area contributed by atoms with Crippen LogP contribution in [0.15, 0.2) is 22.7 Å². The van der Waals surface area contributed by atoms with Crippen LogP contribution in [0.2, 0.25) is 0 Å². The van der Waals surface area contributed by atoms with E-state index in [1.165, 1.54) is 12.5 Å². The molecule has 17 heavy (non-hydrogen) atoms. The zero-order valence-corrected chi connectivity index (χ0v) is 11.2. The van der Waals surface area contributed by atoms with Crippen LogP contribution in [0.3, 0.4) is 0 Å². The lowest BCUT2D eigenvalue weighted by atomic mass is 9.92. The molecule has 1 aliphatic rings. The summed E-state index contributed by atoms with van der Waals surface area (Å²) >= 11 is 3.17. The summed E-state index contributed by atoms with van der Waals surface area (Å²) in [6, 6.07) is 5.17. The Morgan fingerprint density at radius 2 is 2.12 bits per heavy atom. The third-order valence-electron chi connectivity index (χ3n) is 3.28. The molecule has 0 aliphatic heterocycles. The summed E-state index contributed by atoms with van der Waals surface area (Å²) in [6.07, 6.45) is 3.94. The van der Waals surface area contributed by atoms with Crippen molar-refractivity contribution in [2.24, 2.45) is 0 Å². The molecule has 2 unspecified atom stereocenters. The van der Waals surface area contributed by atoms with Crippen LogP contribution >= 0.6 is 15.9 Å². The highest BCUT2D eigenvalue weighted by atomic mass is 79.9. The first-order chi connectivity index (χ1) is 8.16. The van der Waals surface area contributed by atoms with Gasteiger partial charge in [-0.2, -0.15) is 0 Å². The van der Waals surface area contributed by atoms with Gasteiger partial charge in [0.25, 0.3) is 0 Å². The molecular formula is C13H17BrFNO. The highest BCUT2D eigenvalue weighted by molar-refractivity contribution is 9.10. The van der Waals surface area contributed by atoms with E-state index >= 15 is 0 Å². The number of halogens is 2. The van der Waals surface area contributed by atoms with Gasteiger partial charge in [-0.1, -0.05) is 18.9 Å². The fraction of sp³-hybridized carbons (Fsp3) is 0.538. The molecule has 1 aliphatic carbocycles. The number of hydrogen-bond donors (Lipinski definition) is 2. The summed E-state index contributed by atoms with van der Waals surface area (Å²) in [4.78, 5) is 0. The molecule has 0 heterocycles. The van der Waals surface area contributed by atoms with Crippen LogP contribution in [0.25, 0.3) is 0 Å². The first-order valence-electron chi connectivity index (χ1n) is 6.02. The van der Waals surface area contributed by atoms with E-state index in [1.807, 2.05) is 0 Å². The molecule has 1 aromatic rings. The SMILES string of the molecule is OC1CCCCC1NCc1ccc(F)c(Br)c1. The minimum atomic E-state index is -0.244. The predicted octanol–water partition coefficient (Wildman–Crippen LogP) is 2.98. The molecule has 0 radical (unpaired) electrons. The highest BCUT2D eigenvalue weighted by Crippen LogP contribution is 2.20. The van der Waals surface area contributed by atoms with E-state index in [-0.39, 0.29) is 18.0 Å². The second kappa shape index (κ2) is 5.94. The van der Waals surface area contributed by atoms with Crippen LogP contribution in [0.1, 0.15) is 31.2 Å². The standard InChI is InChI=1S/C13H17BrFNO/c14-10-7-9(5-6-11(10)15)8-16-12-3-1-2-4-13(12)17/h5-7,12-13,16-17H,1-4,8H2. The molecule has 0 spiro atoms. The maximum Gasteiger partial charge on any atom is 0.137 e. The Balaban J connectivity index is 1.90. The smallest absolute Gasteiger partial charge is 0.137 e. The van der Waals surface area contributed by atoms with Crippen LogP contribution in [-0.2, 0) is 6.54 Å². The molecule has 0 bridgehead atoms. The molecule has 2 atom stereocenters. The first kappa shape index (κ1) is 13.0. The zero-order chi connectivity index (χ0) is 12.3. The Morgan fingerprint density at radius 3 is 2.82 bits per heavy atom. The predicted molar refractivity (Wildman–Crippen MR) is 69.2 cm³/mol. The molecule has 2 nitrogen and oxygen atoms in total. The van der Waals surface area contributed by atoms with Gasteiger partial charge in [0.1, 0.15) is 5.82 Å². The molecule has 2 rings (SSSR count). The van der Waals surface area contributed by atoms with Gasteiger partial charge in [0.15, 0.2) is 0 Å². The largest absolute Gasteiger partial charge is 0.392 e. The number of hydrogen-bond acceptors (Lipinski definition) is 2. The van der Waals surface area contributed by atoms with E-state index in [9.17, 15) is 9.50 Å². The van der Waals surface area contributed by atoms with Crippen molar-refractivity contribution in [3.63, 3.8) is 0 Å². The Bertz CT molecular complexity index is 386. The maximum absolute atomic E-state index is 13.0. The van der Waals surface area contributed by atoms with Gasteiger partial charge in [-0.15, -0.1) is 0 Å². The van der Waals surface area contributed by atoms with Crippen LogP contribution < -0.4 is 5.32 Å². The van der Waals surface area contributed by atoms with E-state index in [0.29, 0.717) is 11.0 Å². The van der Waals surface area contributed by atoms with Crippen molar-refractivity contribution < 1.29 is 9.50 Å². The van der Waals surface area contributed by atoms with Crippen LogP contribution in [0.4, 0.5) is 4.39 Å². The number of aliphatic hydroxyl groups is 1. The normalized spacial score (nSPS) is 24.9. The highest BCUT2D eigenvalue weighted by Gasteiger charge is 2.22. The monoisotopic (exact) mass is 301 g/mol. The average molecular weight is 302 g/mol. The Kier molecular flexibility index (Phi) is 4.54. The third kappa shape index (κ3) is 3.50. The molecule has 1 saturated carbocycles. The molecule has 94 valence electrons. The molecule has 2 N–H and O–H groups in total. The number of aliphatic hydroxyl groups excluding tert-OH is 1.